The van der Waals surface area contributed by atoms with E-state index in [1.54, 1.807) is 4.57 Å². The molecule has 3 heterocycles. The number of para-hydroxylation sites is 3. The Morgan fingerprint density at radius 1 is 0.518 bits per heavy atom. The summed E-state index contributed by atoms with van der Waals surface area (Å²) < 4.78 is 81.0. The first-order valence-electron chi connectivity index (χ1n) is 22.3. The molecule has 0 bridgehead atoms. The maximum Gasteiger partial charge on any atom is 0.169 e. The quantitative estimate of drug-likeness (QED) is 0.185. The Labute approximate surface area is 334 Å². The molecule has 10 aromatic rings. The van der Waals surface area contributed by atoms with Crippen molar-refractivity contribution < 1.29 is 15.4 Å². The van der Waals surface area contributed by atoms with Crippen molar-refractivity contribution in [1.82, 2.24) is 9.88 Å². The fourth-order valence-corrected chi connectivity index (χ4v) is 7.62. The molecule has 0 aliphatic carbocycles. The Kier molecular flexibility index (Phi) is 5.79. The maximum absolute atomic E-state index is 9.96. The van der Waals surface area contributed by atoms with Crippen molar-refractivity contribution in [2.24, 2.45) is 9.98 Å². The van der Waals surface area contributed by atoms with Gasteiger partial charge in [-0.25, -0.2) is 9.98 Å². The Hall–Kier alpha value is -7.50. The van der Waals surface area contributed by atoms with Crippen molar-refractivity contribution in [1.29, 1.82) is 0 Å². The van der Waals surface area contributed by atoms with Crippen LogP contribution in [-0.2, 0) is 0 Å². The fourth-order valence-electron chi connectivity index (χ4n) is 7.62. The molecule has 0 fully saturated rings. The average Bonchev–Trinajstić information content (AvgIpc) is 3.88. The Morgan fingerprint density at radius 3 is 2.14 bits per heavy atom. The van der Waals surface area contributed by atoms with Gasteiger partial charge in [0.15, 0.2) is 6.17 Å². The molecule has 0 amide bonds. The monoisotopic (exact) mass is 726 g/mol. The number of fused-ring (bicyclic) bond motifs is 6. The van der Waals surface area contributed by atoms with Gasteiger partial charge in [0.25, 0.3) is 0 Å². The number of hydrogen-bond acceptors (Lipinski definition) is 4. The van der Waals surface area contributed by atoms with E-state index < -0.39 is 6.17 Å². The van der Waals surface area contributed by atoms with Gasteiger partial charge in [-0.05, 0) is 52.5 Å². The largest absolute Gasteiger partial charge is 0.455 e. The average molecular weight is 727 g/mol. The van der Waals surface area contributed by atoms with E-state index in [1.807, 2.05) is 121 Å². The molecular formula is C51H34N4O. The third kappa shape index (κ3) is 5.32. The van der Waals surface area contributed by atoms with Crippen LogP contribution in [0, 0.1) is 0 Å². The molecule has 5 nitrogen and oxygen atoms in total. The minimum atomic E-state index is -0.663. The van der Waals surface area contributed by atoms with E-state index >= 15 is 0 Å². The van der Waals surface area contributed by atoms with Crippen molar-refractivity contribution in [3.05, 3.63) is 211 Å². The lowest BCUT2D eigenvalue weighted by molar-refractivity contribution is 0.670. The second-order valence-corrected chi connectivity index (χ2v) is 13.5. The fraction of sp³-hybridized carbons (Fsp3) is 0.0196. The van der Waals surface area contributed by atoms with E-state index in [0.29, 0.717) is 28.5 Å². The number of hydrogen-bond donors (Lipinski definition) is 1. The molecule has 56 heavy (non-hydrogen) atoms. The zero-order valence-electron chi connectivity index (χ0n) is 37.7. The second-order valence-electron chi connectivity index (χ2n) is 13.5. The molecule has 8 aromatic carbocycles. The van der Waals surface area contributed by atoms with Gasteiger partial charge in [0.1, 0.15) is 22.8 Å². The third-order valence-corrected chi connectivity index (χ3v) is 10.2. The lowest BCUT2D eigenvalue weighted by Crippen LogP contribution is -2.36. The van der Waals surface area contributed by atoms with Gasteiger partial charge in [0.2, 0.25) is 0 Å². The van der Waals surface area contributed by atoms with E-state index in [2.05, 4.69) is 5.32 Å². The zero-order valence-corrected chi connectivity index (χ0v) is 29.7. The van der Waals surface area contributed by atoms with Gasteiger partial charge in [-0.15, -0.1) is 0 Å². The van der Waals surface area contributed by atoms with Crippen molar-refractivity contribution >= 4 is 55.4 Å². The molecule has 1 atom stereocenters. The van der Waals surface area contributed by atoms with Crippen LogP contribution in [0.25, 0.3) is 71.7 Å². The summed E-state index contributed by atoms with van der Waals surface area (Å²) in [7, 11) is 0. The van der Waals surface area contributed by atoms with Crippen LogP contribution in [0.5, 0.6) is 0 Å². The van der Waals surface area contributed by atoms with Crippen molar-refractivity contribution in [3.8, 4) is 27.9 Å². The highest BCUT2D eigenvalue weighted by molar-refractivity contribution is 6.19. The molecule has 5 heteroatoms. The van der Waals surface area contributed by atoms with Crippen LogP contribution in [-0.4, -0.2) is 16.2 Å². The zero-order chi connectivity index (χ0) is 44.0. The molecule has 0 saturated heterocycles. The summed E-state index contributed by atoms with van der Waals surface area (Å²) in [6.07, 6.45) is -0.663. The predicted octanol–water partition coefficient (Wildman–Crippen LogP) is 12.5. The topological polar surface area (TPSA) is 54.8 Å². The molecule has 264 valence electrons. The Morgan fingerprint density at radius 2 is 1.27 bits per heavy atom. The molecule has 1 unspecified atom stereocenters. The van der Waals surface area contributed by atoms with Crippen LogP contribution in [0.2, 0.25) is 0 Å². The predicted molar refractivity (Wildman–Crippen MR) is 231 cm³/mol. The molecule has 11 rings (SSSR count). The molecule has 1 N–H and O–H groups in total. The van der Waals surface area contributed by atoms with Gasteiger partial charge in [-0.1, -0.05) is 164 Å². The molecule has 1 aliphatic rings. The molecule has 1 aliphatic heterocycles. The lowest BCUT2D eigenvalue weighted by Gasteiger charge is -2.24. The Balaban J connectivity index is 1.27. The first-order valence-corrected chi connectivity index (χ1v) is 18.3. The van der Waals surface area contributed by atoms with Crippen molar-refractivity contribution in [2.45, 2.75) is 6.17 Å². The summed E-state index contributed by atoms with van der Waals surface area (Å²) in [5.41, 5.74) is 6.08. The highest BCUT2D eigenvalue weighted by Gasteiger charge is 2.25. The summed E-state index contributed by atoms with van der Waals surface area (Å²) in [5, 5.41) is 5.72. The van der Waals surface area contributed by atoms with Gasteiger partial charge >= 0.3 is 0 Å². The van der Waals surface area contributed by atoms with Gasteiger partial charge in [0, 0.05) is 38.2 Å². The summed E-state index contributed by atoms with van der Waals surface area (Å²) in [4.78, 5) is 10.3. The summed E-state index contributed by atoms with van der Waals surface area (Å²) in [6, 6.07) is 43.2. The number of nitrogens with one attached hydrogen (secondary N) is 1. The van der Waals surface area contributed by atoms with Crippen LogP contribution in [0.4, 0.5) is 0 Å². The minimum absolute atomic E-state index is 0.0267. The van der Waals surface area contributed by atoms with E-state index in [0.717, 1.165) is 38.6 Å². The number of aromatic nitrogens is 1. The molecule has 0 radical (unpaired) electrons. The van der Waals surface area contributed by atoms with E-state index in [4.69, 9.17) is 19.9 Å². The highest BCUT2D eigenvalue weighted by atomic mass is 16.3. The second kappa shape index (κ2) is 13.1. The normalized spacial score (nSPS) is 16.2. The number of aliphatic imine (C=N–C) groups is 2. The first kappa shape index (κ1) is 24.7. The third-order valence-electron chi connectivity index (χ3n) is 10.2. The SMILES string of the molecule is [2H]c1cc([2H])c(-c2cc([2H])c3c4c([2H])c([2H])cc([2H])c4n(-c4cc(-c5cccc6c5oc5ccccc56)ccc4C4=NC(c5ccccc5)N=C(c5ccccc5)N4)c3c2[2H])c([2H])c1. The van der Waals surface area contributed by atoms with Gasteiger partial charge in [-0.3, -0.25) is 0 Å². The summed E-state index contributed by atoms with van der Waals surface area (Å²) in [5.74, 6) is 0.996. The first-order chi connectivity index (χ1) is 31.0. The number of amidine groups is 2. The van der Waals surface area contributed by atoms with Crippen LogP contribution in [0.15, 0.2) is 208 Å². The smallest absolute Gasteiger partial charge is 0.169 e. The van der Waals surface area contributed by atoms with E-state index in [-0.39, 0.29) is 81.3 Å². The summed E-state index contributed by atoms with van der Waals surface area (Å²) >= 11 is 0. The number of nitrogens with zero attached hydrogens (tertiary/aromatic N) is 3. The highest BCUT2D eigenvalue weighted by Crippen LogP contribution is 2.40. The standard InChI is InChI=1S/C51H34N4O/c1-4-15-33(16-5-1)36-27-29-40-39-21-10-12-25-44(39)55(45(40)31-36)46-32-37(38-23-14-24-42-41-22-11-13-26-47(41)56-48(38)42)28-30-43(46)51-53-49(34-17-6-2-7-18-34)52-50(54-51)35-19-8-3-9-20-35/h1-32,49H,(H,52,53,54)/i1D,10D,15D,16D,21D,25D,29D,31D. The maximum atomic E-state index is 9.96. The van der Waals surface area contributed by atoms with Crippen molar-refractivity contribution in [2.75, 3.05) is 0 Å². The van der Waals surface area contributed by atoms with Crippen LogP contribution in [0.3, 0.4) is 0 Å². The minimum Gasteiger partial charge on any atom is -0.455 e. The number of benzene rings is 8. The number of furan rings is 1. The van der Waals surface area contributed by atoms with Gasteiger partial charge in [-0.2, -0.15) is 0 Å². The van der Waals surface area contributed by atoms with Gasteiger partial charge in [0.05, 0.1) is 27.7 Å². The van der Waals surface area contributed by atoms with Crippen LogP contribution >= 0.6 is 0 Å². The number of rotatable bonds is 6. The molecular weight excluding hydrogens is 685 g/mol. The molecule has 0 saturated carbocycles. The van der Waals surface area contributed by atoms with Crippen molar-refractivity contribution in [3.63, 3.8) is 0 Å². The summed E-state index contributed by atoms with van der Waals surface area (Å²) in [6.45, 7) is 0. The molecule has 2 aromatic heterocycles. The van der Waals surface area contributed by atoms with Gasteiger partial charge < -0.3 is 14.3 Å². The van der Waals surface area contributed by atoms with Crippen LogP contribution in [0.1, 0.15) is 33.8 Å². The molecule has 0 spiro atoms. The van der Waals surface area contributed by atoms with E-state index in [1.165, 1.54) is 24.3 Å². The van der Waals surface area contributed by atoms with E-state index in [9.17, 15) is 5.48 Å². The lowest BCUT2D eigenvalue weighted by atomic mass is 9.98. The Bertz CT molecular complexity index is 3610. The van der Waals surface area contributed by atoms with Crippen LogP contribution < -0.4 is 5.32 Å².